The van der Waals surface area contributed by atoms with E-state index in [0.717, 1.165) is 39.1 Å². The van der Waals surface area contributed by atoms with Crippen LogP contribution in [-0.2, 0) is 4.79 Å². The number of benzene rings is 1. The maximum atomic E-state index is 11.2. The standard InChI is InChI=1S/C18H18N4O/c1-11-4-5-15(22-12(2)23)7-16(11)13-6-14-10-21-18(19-3)8-17(14)20-9-13/h4-10H,1-3H3,(H,19,21)(H,22,23). The van der Waals surface area contributed by atoms with Gasteiger partial charge < -0.3 is 10.6 Å². The van der Waals surface area contributed by atoms with Crippen molar-refractivity contribution in [3.8, 4) is 11.1 Å². The van der Waals surface area contributed by atoms with E-state index in [0.29, 0.717) is 0 Å². The fourth-order valence-electron chi connectivity index (χ4n) is 2.52. The Bertz CT molecular complexity index is 889. The van der Waals surface area contributed by atoms with Gasteiger partial charge in [-0.1, -0.05) is 6.07 Å². The van der Waals surface area contributed by atoms with Gasteiger partial charge in [-0.2, -0.15) is 0 Å². The van der Waals surface area contributed by atoms with Gasteiger partial charge in [-0.15, -0.1) is 0 Å². The zero-order chi connectivity index (χ0) is 16.4. The number of hydrogen-bond acceptors (Lipinski definition) is 4. The highest BCUT2D eigenvalue weighted by Gasteiger charge is 2.07. The van der Waals surface area contributed by atoms with Crippen molar-refractivity contribution >= 4 is 28.3 Å². The summed E-state index contributed by atoms with van der Waals surface area (Å²) < 4.78 is 0. The van der Waals surface area contributed by atoms with Crippen LogP contribution in [0.15, 0.2) is 42.7 Å². The van der Waals surface area contributed by atoms with Gasteiger partial charge in [0.05, 0.1) is 5.52 Å². The van der Waals surface area contributed by atoms with Crippen LogP contribution in [0.5, 0.6) is 0 Å². The first kappa shape index (κ1) is 15.0. The van der Waals surface area contributed by atoms with E-state index >= 15 is 0 Å². The van der Waals surface area contributed by atoms with Gasteiger partial charge in [0.2, 0.25) is 5.91 Å². The van der Waals surface area contributed by atoms with Crippen molar-refractivity contribution in [2.75, 3.05) is 17.7 Å². The number of aromatic nitrogens is 2. The molecule has 2 N–H and O–H groups in total. The number of anilines is 2. The number of rotatable bonds is 3. The summed E-state index contributed by atoms with van der Waals surface area (Å²) in [6, 6.07) is 9.84. The van der Waals surface area contributed by atoms with Crippen LogP contribution in [0.25, 0.3) is 22.0 Å². The third-order valence-corrected chi connectivity index (χ3v) is 3.69. The Morgan fingerprint density at radius 1 is 1.09 bits per heavy atom. The van der Waals surface area contributed by atoms with Crippen LogP contribution in [0.3, 0.4) is 0 Å². The van der Waals surface area contributed by atoms with Gasteiger partial charge in [-0.05, 0) is 36.2 Å². The summed E-state index contributed by atoms with van der Waals surface area (Å²) in [7, 11) is 1.83. The van der Waals surface area contributed by atoms with E-state index in [-0.39, 0.29) is 5.91 Å². The molecular weight excluding hydrogens is 288 g/mol. The van der Waals surface area contributed by atoms with Crippen molar-refractivity contribution in [2.45, 2.75) is 13.8 Å². The zero-order valence-corrected chi connectivity index (χ0v) is 13.3. The largest absolute Gasteiger partial charge is 0.373 e. The lowest BCUT2D eigenvalue weighted by molar-refractivity contribution is -0.114. The predicted octanol–water partition coefficient (Wildman–Crippen LogP) is 3.61. The third kappa shape index (κ3) is 3.13. The molecule has 23 heavy (non-hydrogen) atoms. The van der Waals surface area contributed by atoms with Crippen LogP contribution < -0.4 is 10.6 Å². The molecule has 1 amide bonds. The Morgan fingerprint density at radius 3 is 2.65 bits per heavy atom. The number of nitrogens with zero attached hydrogens (tertiary/aromatic N) is 2. The van der Waals surface area contributed by atoms with E-state index in [9.17, 15) is 4.79 Å². The van der Waals surface area contributed by atoms with Crippen molar-refractivity contribution in [3.05, 3.63) is 48.3 Å². The van der Waals surface area contributed by atoms with E-state index < -0.39 is 0 Å². The number of nitrogens with one attached hydrogen (secondary N) is 2. The minimum Gasteiger partial charge on any atom is -0.373 e. The second-order valence-corrected chi connectivity index (χ2v) is 5.45. The second-order valence-electron chi connectivity index (χ2n) is 5.45. The lowest BCUT2D eigenvalue weighted by atomic mass is 10.0. The number of hydrogen-bond donors (Lipinski definition) is 2. The molecule has 116 valence electrons. The van der Waals surface area contributed by atoms with Crippen LogP contribution in [0, 0.1) is 6.92 Å². The smallest absolute Gasteiger partial charge is 0.221 e. The first-order valence-corrected chi connectivity index (χ1v) is 7.39. The lowest BCUT2D eigenvalue weighted by Gasteiger charge is -2.10. The normalized spacial score (nSPS) is 10.6. The summed E-state index contributed by atoms with van der Waals surface area (Å²) in [5, 5.41) is 6.80. The molecule has 2 heterocycles. The van der Waals surface area contributed by atoms with Gasteiger partial charge in [0.15, 0.2) is 0 Å². The van der Waals surface area contributed by atoms with Gasteiger partial charge in [0, 0.05) is 49.1 Å². The summed E-state index contributed by atoms with van der Waals surface area (Å²) >= 11 is 0. The van der Waals surface area contributed by atoms with Crippen molar-refractivity contribution in [2.24, 2.45) is 0 Å². The highest BCUT2D eigenvalue weighted by atomic mass is 16.1. The Labute approximate surface area is 134 Å². The van der Waals surface area contributed by atoms with Gasteiger partial charge in [0.1, 0.15) is 5.82 Å². The monoisotopic (exact) mass is 306 g/mol. The molecule has 0 bridgehead atoms. The highest BCUT2D eigenvalue weighted by Crippen LogP contribution is 2.28. The average Bonchev–Trinajstić information content (AvgIpc) is 2.55. The van der Waals surface area contributed by atoms with E-state index in [1.54, 1.807) is 0 Å². The zero-order valence-electron chi connectivity index (χ0n) is 13.3. The molecule has 0 aliphatic heterocycles. The fraction of sp³-hybridized carbons (Fsp3) is 0.167. The van der Waals surface area contributed by atoms with Gasteiger partial charge in [-0.3, -0.25) is 9.78 Å². The van der Waals surface area contributed by atoms with Gasteiger partial charge in [-0.25, -0.2) is 4.98 Å². The first-order chi connectivity index (χ1) is 11.1. The maximum Gasteiger partial charge on any atom is 0.221 e. The molecule has 0 saturated carbocycles. The molecule has 3 aromatic rings. The molecule has 1 aromatic carbocycles. The van der Waals surface area contributed by atoms with E-state index in [1.807, 2.05) is 50.6 Å². The molecule has 0 spiro atoms. The maximum absolute atomic E-state index is 11.2. The molecule has 5 nitrogen and oxygen atoms in total. The molecule has 0 radical (unpaired) electrons. The minimum atomic E-state index is -0.0831. The topological polar surface area (TPSA) is 66.9 Å². The fourth-order valence-corrected chi connectivity index (χ4v) is 2.52. The third-order valence-electron chi connectivity index (χ3n) is 3.69. The van der Waals surface area contributed by atoms with Crippen LogP contribution in [-0.4, -0.2) is 22.9 Å². The molecule has 3 rings (SSSR count). The Balaban J connectivity index is 2.07. The molecule has 5 heteroatoms. The molecule has 0 aliphatic carbocycles. The minimum absolute atomic E-state index is 0.0831. The number of carbonyl (C=O) groups is 1. The number of aryl methyl sites for hydroxylation is 1. The summed E-state index contributed by atoms with van der Waals surface area (Å²) in [4.78, 5) is 20.1. The van der Waals surface area contributed by atoms with Crippen molar-refractivity contribution < 1.29 is 4.79 Å². The van der Waals surface area contributed by atoms with E-state index in [4.69, 9.17) is 0 Å². The first-order valence-electron chi connectivity index (χ1n) is 7.39. The van der Waals surface area contributed by atoms with Crippen LogP contribution in [0.1, 0.15) is 12.5 Å². The SMILES string of the molecule is CNc1cc2ncc(-c3cc(NC(C)=O)ccc3C)cc2cn1. The number of carbonyl (C=O) groups excluding carboxylic acids is 1. The molecular formula is C18H18N4O. The molecule has 0 atom stereocenters. The Kier molecular flexibility index (Phi) is 3.93. The average molecular weight is 306 g/mol. The number of fused-ring (bicyclic) bond motifs is 1. The predicted molar refractivity (Wildman–Crippen MR) is 93.6 cm³/mol. The Hall–Kier alpha value is -2.95. The van der Waals surface area contributed by atoms with Crippen LogP contribution >= 0.6 is 0 Å². The summed E-state index contributed by atoms with van der Waals surface area (Å²) in [6.45, 7) is 3.54. The van der Waals surface area contributed by atoms with Gasteiger partial charge in [0.25, 0.3) is 0 Å². The molecule has 0 unspecified atom stereocenters. The molecule has 0 fully saturated rings. The van der Waals surface area contributed by atoms with E-state index in [1.165, 1.54) is 6.92 Å². The van der Waals surface area contributed by atoms with Crippen LogP contribution in [0.2, 0.25) is 0 Å². The lowest BCUT2D eigenvalue weighted by Crippen LogP contribution is -2.05. The summed E-state index contributed by atoms with van der Waals surface area (Å²) in [5.74, 6) is 0.710. The number of amides is 1. The van der Waals surface area contributed by atoms with Gasteiger partial charge >= 0.3 is 0 Å². The van der Waals surface area contributed by atoms with Crippen LogP contribution in [0.4, 0.5) is 11.5 Å². The highest BCUT2D eigenvalue weighted by molar-refractivity contribution is 5.90. The summed E-state index contributed by atoms with van der Waals surface area (Å²) in [5.41, 5.74) is 4.84. The number of pyridine rings is 2. The molecule has 0 aliphatic rings. The molecule has 0 saturated heterocycles. The Morgan fingerprint density at radius 2 is 1.91 bits per heavy atom. The van der Waals surface area contributed by atoms with Crippen molar-refractivity contribution in [1.82, 2.24) is 9.97 Å². The second kappa shape index (κ2) is 6.04. The molecule has 2 aromatic heterocycles. The van der Waals surface area contributed by atoms with E-state index in [2.05, 4.69) is 26.7 Å². The quantitative estimate of drug-likeness (QED) is 0.776. The summed E-state index contributed by atoms with van der Waals surface area (Å²) in [6.07, 6.45) is 3.66. The van der Waals surface area contributed by atoms with Crippen molar-refractivity contribution in [3.63, 3.8) is 0 Å². The van der Waals surface area contributed by atoms with Crippen molar-refractivity contribution in [1.29, 1.82) is 0 Å².